The van der Waals surface area contributed by atoms with Crippen molar-refractivity contribution in [3.05, 3.63) is 53.6 Å². The summed E-state index contributed by atoms with van der Waals surface area (Å²) in [7, 11) is 0. The second-order valence-electron chi connectivity index (χ2n) is 6.67. The van der Waals surface area contributed by atoms with Gasteiger partial charge in [0.05, 0.1) is 18.9 Å². The molecule has 0 amide bonds. The van der Waals surface area contributed by atoms with E-state index in [0.717, 1.165) is 11.3 Å². The highest BCUT2D eigenvalue weighted by atomic mass is 19.3. The zero-order chi connectivity index (χ0) is 19.3. The zero-order valence-electron chi connectivity index (χ0n) is 15.3. The maximum absolute atomic E-state index is 14.4. The van der Waals surface area contributed by atoms with Crippen molar-refractivity contribution in [2.75, 3.05) is 19.6 Å². The summed E-state index contributed by atoms with van der Waals surface area (Å²) < 4.78 is 28.8. The van der Waals surface area contributed by atoms with Crippen LogP contribution in [0.25, 0.3) is 0 Å². The molecule has 1 fully saturated rings. The molecule has 8 heteroatoms. The number of nitrogens with one attached hydrogen (secondary N) is 1. The standard InChI is InChI=1S/C19H24F2N6/c1-14-16(5-9-23-14)18(25-13-22)26-15-6-10-27(11-7-15)12-19(20,21)17-4-2-3-8-24-17/h2-5,8-9,13,15,23H,6-7,10-12H2,1H3,(H2,22,25,26). The number of hydrogen-bond acceptors (Lipinski definition) is 3. The lowest BCUT2D eigenvalue weighted by Crippen LogP contribution is -2.42. The van der Waals surface area contributed by atoms with E-state index in [4.69, 9.17) is 10.7 Å². The van der Waals surface area contributed by atoms with Crippen molar-refractivity contribution in [1.29, 1.82) is 0 Å². The first kappa shape index (κ1) is 19.2. The Morgan fingerprint density at radius 3 is 2.74 bits per heavy atom. The van der Waals surface area contributed by atoms with Gasteiger partial charge in [0, 0.05) is 36.7 Å². The average molecular weight is 374 g/mol. The van der Waals surface area contributed by atoms with Crippen LogP contribution in [-0.4, -0.2) is 52.7 Å². The fourth-order valence-electron chi connectivity index (χ4n) is 3.26. The van der Waals surface area contributed by atoms with Gasteiger partial charge < -0.3 is 10.7 Å². The Morgan fingerprint density at radius 2 is 2.15 bits per heavy atom. The van der Waals surface area contributed by atoms with Gasteiger partial charge in [0.2, 0.25) is 0 Å². The van der Waals surface area contributed by atoms with Gasteiger partial charge in [0.25, 0.3) is 0 Å². The van der Waals surface area contributed by atoms with Crippen molar-refractivity contribution in [2.24, 2.45) is 15.7 Å². The third kappa shape index (κ3) is 4.77. The molecule has 1 aliphatic heterocycles. The van der Waals surface area contributed by atoms with Crippen molar-refractivity contribution < 1.29 is 8.78 Å². The van der Waals surface area contributed by atoms with Crippen molar-refractivity contribution >= 4 is 12.2 Å². The zero-order valence-corrected chi connectivity index (χ0v) is 15.3. The summed E-state index contributed by atoms with van der Waals surface area (Å²) in [5.41, 5.74) is 7.14. The van der Waals surface area contributed by atoms with Gasteiger partial charge in [0.15, 0.2) is 5.84 Å². The molecule has 0 atom stereocenters. The molecule has 3 rings (SSSR count). The predicted molar refractivity (Wildman–Crippen MR) is 102 cm³/mol. The Hall–Kier alpha value is -2.61. The Morgan fingerprint density at radius 1 is 1.37 bits per heavy atom. The Bertz CT molecular complexity index is 792. The van der Waals surface area contributed by atoms with E-state index in [-0.39, 0.29) is 18.3 Å². The van der Waals surface area contributed by atoms with Crippen LogP contribution < -0.4 is 5.73 Å². The van der Waals surface area contributed by atoms with E-state index in [2.05, 4.69) is 15.0 Å². The molecule has 3 heterocycles. The quantitative estimate of drug-likeness (QED) is 0.624. The normalized spacial score (nSPS) is 17.7. The fraction of sp³-hybridized carbons (Fsp3) is 0.421. The summed E-state index contributed by atoms with van der Waals surface area (Å²) in [6, 6.07) is 6.53. The third-order valence-electron chi connectivity index (χ3n) is 4.72. The molecule has 1 saturated heterocycles. The van der Waals surface area contributed by atoms with Crippen LogP contribution in [0.15, 0.2) is 46.6 Å². The molecule has 6 nitrogen and oxygen atoms in total. The minimum Gasteiger partial charge on any atom is -0.390 e. The lowest BCUT2D eigenvalue weighted by Gasteiger charge is -2.32. The molecule has 2 aromatic heterocycles. The number of hydrogen-bond donors (Lipinski definition) is 2. The number of nitrogens with zero attached hydrogens (tertiary/aromatic N) is 4. The van der Waals surface area contributed by atoms with Crippen LogP contribution in [0.3, 0.4) is 0 Å². The molecule has 2 aromatic rings. The first-order valence-corrected chi connectivity index (χ1v) is 8.97. The van der Waals surface area contributed by atoms with Gasteiger partial charge in [0.1, 0.15) is 5.69 Å². The summed E-state index contributed by atoms with van der Waals surface area (Å²) in [5, 5.41) is 0. The smallest absolute Gasteiger partial charge is 0.302 e. The number of piperidine rings is 1. The van der Waals surface area contributed by atoms with E-state index >= 15 is 0 Å². The van der Waals surface area contributed by atoms with Gasteiger partial charge in [-0.05, 0) is 38.0 Å². The lowest BCUT2D eigenvalue weighted by molar-refractivity contribution is -0.0460. The minimum absolute atomic E-state index is 0.0396. The van der Waals surface area contributed by atoms with Crippen LogP contribution in [0.1, 0.15) is 29.8 Å². The van der Waals surface area contributed by atoms with Crippen LogP contribution in [0.2, 0.25) is 0 Å². The number of aromatic amines is 1. The van der Waals surface area contributed by atoms with Gasteiger partial charge in [-0.25, -0.2) is 4.99 Å². The van der Waals surface area contributed by atoms with Crippen LogP contribution in [0.5, 0.6) is 0 Å². The topological polar surface area (TPSA) is 82.7 Å². The SMILES string of the molecule is Cc1[nH]ccc1C(N=CN)=NC1CCN(CC(F)(F)c2ccccn2)CC1. The molecule has 27 heavy (non-hydrogen) atoms. The maximum atomic E-state index is 14.4. The van der Waals surface area contributed by atoms with Crippen LogP contribution >= 0.6 is 0 Å². The highest BCUT2D eigenvalue weighted by molar-refractivity contribution is 6.03. The molecule has 3 N–H and O–H groups in total. The predicted octanol–water partition coefficient (Wildman–Crippen LogP) is 2.71. The number of pyridine rings is 1. The number of rotatable bonds is 5. The largest absolute Gasteiger partial charge is 0.390 e. The molecule has 0 aromatic carbocycles. The highest BCUT2D eigenvalue weighted by Crippen LogP contribution is 2.28. The van der Waals surface area contributed by atoms with Crippen molar-refractivity contribution in [3.63, 3.8) is 0 Å². The number of likely N-dealkylation sites (tertiary alicyclic amines) is 1. The molecule has 144 valence electrons. The van der Waals surface area contributed by atoms with Crippen molar-refractivity contribution in [2.45, 2.75) is 31.7 Å². The van der Waals surface area contributed by atoms with E-state index in [0.29, 0.717) is 31.8 Å². The number of aromatic nitrogens is 2. The number of nitrogens with two attached hydrogens (primary N) is 1. The summed E-state index contributed by atoms with van der Waals surface area (Å²) in [5.74, 6) is -2.39. The summed E-state index contributed by atoms with van der Waals surface area (Å²) >= 11 is 0. The van der Waals surface area contributed by atoms with Crippen molar-refractivity contribution in [3.8, 4) is 0 Å². The Balaban J connectivity index is 1.62. The second-order valence-corrected chi connectivity index (χ2v) is 6.67. The van der Waals surface area contributed by atoms with Crippen LogP contribution in [0.4, 0.5) is 8.78 Å². The van der Waals surface area contributed by atoms with Gasteiger partial charge in [-0.2, -0.15) is 8.78 Å². The van der Waals surface area contributed by atoms with Crippen LogP contribution in [-0.2, 0) is 5.92 Å². The average Bonchev–Trinajstić information content (AvgIpc) is 3.09. The number of alkyl halides is 2. The number of aliphatic imine (C=N–C) groups is 2. The fourth-order valence-corrected chi connectivity index (χ4v) is 3.26. The van der Waals surface area contributed by atoms with Crippen LogP contribution in [0, 0.1) is 6.92 Å². The van der Waals surface area contributed by atoms with E-state index < -0.39 is 5.92 Å². The monoisotopic (exact) mass is 374 g/mol. The van der Waals surface area contributed by atoms with Gasteiger partial charge in [-0.15, -0.1) is 0 Å². The minimum atomic E-state index is -2.96. The third-order valence-corrected chi connectivity index (χ3v) is 4.72. The number of H-pyrrole nitrogens is 1. The highest BCUT2D eigenvalue weighted by Gasteiger charge is 2.36. The van der Waals surface area contributed by atoms with Gasteiger partial charge in [-0.1, -0.05) is 6.07 Å². The number of halogens is 2. The van der Waals surface area contributed by atoms with E-state index in [1.807, 2.05) is 19.2 Å². The Kier molecular flexibility index (Phi) is 5.95. The number of amidine groups is 1. The first-order valence-electron chi connectivity index (χ1n) is 8.97. The molecular formula is C19H24F2N6. The molecule has 0 radical (unpaired) electrons. The summed E-state index contributed by atoms with van der Waals surface area (Å²) in [6.45, 7) is 2.73. The first-order chi connectivity index (χ1) is 13.0. The summed E-state index contributed by atoms with van der Waals surface area (Å²) in [6.07, 6.45) is 5.85. The molecule has 0 aliphatic carbocycles. The maximum Gasteiger partial charge on any atom is 0.302 e. The van der Waals surface area contributed by atoms with Gasteiger partial charge in [-0.3, -0.25) is 14.9 Å². The van der Waals surface area contributed by atoms with Crippen molar-refractivity contribution in [1.82, 2.24) is 14.9 Å². The molecule has 0 unspecified atom stereocenters. The molecule has 1 aliphatic rings. The van der Waals surface area contributed by atoms with E-state index in [1.54, 1.807) is 17.0 Å². The van der Waals surface area contributed by atoms with E-state index in [9.17, 15) is 8.78 Å². The molecule has 0 saturated carbocycles. The number of aryl methyl sites for hydroxylation is 1. The Labute approximate surface area is 157 Å². The molecule has 0 spiro atoms. The molecule has 0 bridgehead atoms. The summed E-state index contributed by atoms with van der Waals surface area (Å²) in [4.78, 5) is 17.6. The second kappa shape index (κ2) is 8.39. The van der Waals surface area contributed by atoms with Gasteiger partial charge >= 0.3 is 5.92 Å². The molecular weight excluding hydrogens is 350 g/mol. The lowest BCUT2D eigenvalue weighted by atomic mass is 10.0. The van der Waals surface area contributed by atoms with E-state index in [1.165, 1.54) is 18.6 Å².